The van der Waals surface area contributed by atoms with Crippen molar-refractivity contribution in [3.05, 3.63) is 57.2 Å². The largest absolute Gasteiger partial charge is 0.336 e. The van der Waals surface area contributed by atoms with Crippen LogP contribution in [0.25, 0.3) is 0 Å². The van der Waals surface area contributed by atoms with Gasteiger partial charge in [-0.15, -0.1) is 11.3 Å². The molecule has 142 valence electrons. The minimum Gasteiger partial charge on any atom is -0.336 e. The van der Waals surface area contributed by atoms with Gasteiger partial charge in [0.15, 0.2) is 0 Å². The number of carbonyl (C=O) groups excluding carboxylic acids is 3. The zero-order chi connectivity index (χ0) is 19.6. The van der Waals surface area contributed by atoms with Gasteiger partial charge in [-0.05, 0) is 31.5 Å². The SMILES string of the molecule is CCN(Cc1ccc(Cl)s1)C(=O)CN1C(=O)NC(C)(c2ccccc2)C1=O. The van der Waals surface area contributed by atoms with Crippen LogP contribution in [-0.2, 0) is 21.7 Å². The van der Waals surface area contributed by atoms with E-state index in [1.165, 1.54) is 11.3 Å². The highest BCUT2D eigenvalue weighted by atomic mass is 35.5. The van der Waals surface area contributed by atoms with E-state index in [0.717, 1.165) is 9.78 Å². The Balaban J connectivity index is 1.73. The van der Waals surface area contributed by atoms with E-state index in [9.17, 15) is 14.4 Å². The molecule has 27 heavy (non-hydrogen) atoms. The molecule has 1 aliphatic rings. The third-order valence-corrected chi connectivity index (χ3v) is 5.85. The minimum atomic E-state index is -1.17. The van der Waals surface area contributed by atoms with E-state index >= 15 is 0 Å². The Morgan fingerprint density at radius 2 is 1.93 bits per heavy atom. The first-order valence-electron chi connectivity index (χ1n) is 8.56. The number of benzene rings is 1. The normalized spacial score (nSPS) is 19.3. The molecule has 1 unspecified atom stereocenters. The van der Waals surface area contributed by atoms with Gasteiger partial charge in [0.1, 0.15) is 12.1 Å². The molecule has 0 spiro atoms. The Labute approximate surface area is 166 Å². The zero-order valence-corrected chi connectivity index (χ0v) is 16.6. The zero-order valence-electron chi connectivity index (χ0n) is 15.1. The minimum absolute atomic E-state index is 0.289. The van der Waals surface area contributed by atoms with E-state index in [2.05, 4.69) is 5.32 Å². The number of thiophene rings is 1. The summed E-state index contributed by atoms with van der Waals surface area (Å²) in [6, 6.07) is 12.1. The summed E-state index contributed by atoms with van der Waals surface area (Å²) in [6.45, 7) is 4.08. The monoisotopic (exact) mass is 405 g/mol. The van der Waals surface area contributed by atoms with Gasteiger partial charge in [-0.3, -0.25) is 14.5 Å². The molecule has 1 saturated heterocycles. The first kappa shape index (κ1) is 19.4. The highest BCUT2D eigenvalue weighted by Crippen LogP contribution is 2.29. The van der Waals surface area contributed by atoms with Crippen LogP contribution in [0.1, 0.15) is 24.3 Å². The summed E-state index contributed by atoms with van der Waals surface area (Å²) < 4.78 is 0.654. The third-order valence-electron chi connectivity index (χ3n) is 4.63. The lowest BCUT2D eigenvalue weighted by molar-refractivity contribution is -0.139. The number of hydrogen-bond donors (Lipinski definition) is 1. The second-order valence-corrected chi connectivity index (χ2v) is 8.23. The van der Waals surface area contributed by atoms with Gasteiger partial charge in [-0.1, -0.05) is 41.9 Å². The molecule has 1 aliphatic heterocycles. The van der Waals surface area contributed by atoms with E-state index in [-0.39, 0.29) is 12.5 Å². The summed E-state index contributed by atoms with van der Waals surface area (Å²) in [7, 11) is 0. The Morgan fingerprint density at radius 1 is 1.22 bits per heavy atom. The highest BCUT2D eigenvalue weighted by molar-refractivity contribution is 7.16. The van der Waals surface area contributed by atoms with E-state index in [4.69, 9.17) is 11.6 Å². The van der Waals surface area contributed by atoms with Crippen LogP contribution in [-0.4, -0.2) is 40.7 Å². The van der Waals surface area contributed by atoms with Crippen LogP contribution in [0.15, 0.2) is 42.5 Å². The summed E-state index contributed by atoms with van der Waals surface area (Å²) >= 11 is 7.34. The topological polar surface area (TPSA) is 69.7 Å². The molecule has 2 aromatic rings. The van der Waals surface area contributed by atoms with Gasteiger partial charge in [0.05, 0.1) is 10.9 Å². The van der Waals surface area contributed by atoms with Crippen LogP contribution >= 0.6 is 22.9 Å². The van der Waals surface area contributed by atoms with Gasteiger partial charge in [-0.2, -0.15) is 0 Å². The van der Waals surface area contributed by atoms with Crippen molar-refractivity contribution in [1.82, 2.24) is 15.1 Å². The number of urea groups is 1. The van der Waals surface area contributed by atoms with E-state index in [0.29, 0.717) is 23.0 Å². The molecule has 1 aromatic carbocycles. The number of carbonyl (C=O) groups is 3. The molecule has 1 N–H and O–H groups in total. The second kappa shape index (κ2) is 7.70. The predicted molar refractivity (Wildman–Crippen MR) is 104 cm³/mol. The van der Waals surface area contributed by atoms with Gasteiger partial charge in [0.2, 0.25) is 5.91 Å². The quantitative estimate of drug-likeness (QED) is 0.750. The fraction of sp³-hybridized carbons (Fsp3) is 0.316. The standard InChI is InChI=1S/C19H20ClN3O3S/c1-3-22(11-14-9-10-15(20)27-14)16(24)12-23-17(25)19(2,21-18(23)26)13-7-5-4-6-8-13/h4-10H,3,11-12H2,1-2H3,(H,21,26). The molecule has 1 aromatic heterocycles. The van der Waals surface area contributed by atoms with Gasteiger partial charge in [0, 0.05) is 11.4 Å². The van der Waals surface area contributed by atoms with Crippen molar-refractivity contribution in [3.63, 3.8) is 0 Å². The molecule has 1 fully saturated rings. The van der Waals surface area contributed by atoms with Crippen LogP contribution in [0, 0.1) is 0 Å². The van der Waals surface area contributed by atoms with Crippen molar-refractivity contribution in [2.45, 2.75) is 25.9 Å². The number of amides is 4. The number of halogens is 1. The Morgan fingerprint density at radius 3 is 2.52 bits per heavy atom. The first-order chi connectivity index (χ1) is 12.8. The van der Waals surface area contributed by atoms with Crippen LogP contribution in [0.3, 0.4) is 0 Å². The molecule has 0 saturated carbocycles. The van der Waals surface area contributed by atoms with Crippen LogP contribution in [0.2, 0.25) is 4.34 Å². The average molecular weight is 406 g/mol. The van der Waals surface area contributed by atoms with E-state index in [1.54, 1.807) is 42.2 Å². The molecule has 0 radical (unpaired) electrons. The molecule has 4 amide bonds. The molecule has 0 bridgehead atoms. The smallest absolute Gasteiger partial charge is 0.325 e. The summed E-state index contributed by atoms with van der Waals surface area (Å²) in [5.74, 6) is -0.717. The Kier molecular flexibility index (Phi) is 5.53. The summed E-state index contributed by atoms with van der Waals surface area (Å²) in [5, 5.41) is 2.71. The average Bonchev–Trinajstić information content (AvgIpc) is 3.17. The van der Waals surface area contributed by atoms with Gasteiger partial charge in [-0.25, -0.2) is 4.79 Å². The molecule has 8 heteroatoms. The maximum Gasteiger partial charge on any atom is 0.325 e. The first-order valence-corrected chi connectivity index (χ1v) is 9.76. The van der Waals surface area contributed by atoms with E-state index in [1.807, 2.05) is 19.1 Å². The van der Waals surface area contributed by atoms with Gasteiger partial charge < -0.3 is 10.2 Å². The Hall–Kier alpha value is -2.38. The maximum absolute atomic E-state index is 12.9. The van der Waals surface area contributed by atoms with Crippen molar-refractivity contribution < 1.29 is 14.4 Å². The van der Waals surface area contributed by atoms with E-state index < -0.39 is 17.5 Å². The fourth-order valence-electron chi connectivity index (χ4n) is 3.04. The molecule has 6 nitrogen and oxygen atoms in total. The summed E-state index contributed by atoms with van der Waals surface area (Å²) in [6.07, 6.45) is 0. The fourth-order valence-corrected chi connectivity index (χ4v) is 4.15. The number of likely N-dealkylation sites (N-methyl/N-ethyl adjacent to an activating group) is 1. The van der Waals surface area contributed by atoms with Crippen molar-refractivity contribution in [1.29, 1.82) is 0 Å². The molecule has 3 rings (SSSR count). The van der Waals surface area contributed by atoms with Crippen LogP contribution < -0.4 is 5.32 Å². The molecule has 2 heterocycles. The van der Waals surface area contributed by atoms with Gasteiger partial charge >= 0.3 is 6.03 Å². The summed E-state index contributed by atoms with van der Waals surface area (Å²) in [4.78, 5) is 41.5. The van der Waals surface area contributed by atoms with Crippen LogP contribution in [0.4, 0.5) is 4.79 Å². The molecular weight excluding hydrogens is 386 g/mol. The lowest BCUT2D eigenvalue weighted by atomic mass is 9.92. The number of imide groups is 1. The third kappa shape index (κ3) is 3.84. The summed E-state index contributed by atoms with van der Waals surface area (Å²) in [5.41, 5.74) is -0.490. The highest BCUT2D eigenvalue weighted by Gasteiger charge is 2.49. The lowest BCUT2D eigenvalue weighted by Gasteiger charge is -2.24. The van der Waals surface area contributed by atoms with Crippen molar-refractivity contribution in [2.75, 3.05) is 13.1 Å². The predicted octanol–water partition coefficient (Wildman–Crippen LogP) is 3.22. The molecule has 0 aliphatic carbocycles. The number of rotatable bonds is 6. The van der Waals surface area contributed by atoms with Crippen molar-refractivity contribution >= 4 is 40.8 Å². The molecular formula is C19H20ClN3O3S. The maximum atomic E-state index is 12.9. The van der Waals surface area contributed by atoms with Crippen molar-refractivity contribution in [3.8, 4) is 0 Å². The Bertz CT molecular complexity index is 870. The van der Waals surface area contributed by atoms with Crippen LogP contribution in [0.5, 0.6) is 0 Å². The number of nitrogens with zero attached hydrogens (tertiary/aromatic N) is 2. The number of hydrogen-bond acceptors (Lipinski definition) is 4. The van der Waals surface area contributed by atoms with Gasteiger partial charge in [0.25, 0.3) is 5.91 Å². The second-order valence-electron chi connectivity index (χ2n) is 6.43. The molecule has 1 atom stereocenters. The number of nitrogens with one attached hydrogen (secondary N) is 1. The lowest BCUT2D eigenvalue weighted by Crippen LogP contribution is -2.44. The van der Waals surface area contributed by atoms with Crippen molar-refractivity contribution in [2.24, 2.45) is 0 Å².